The Morgan fingerprint density at radius 3 is 2.74 bits per heavy atom. The Morgan fingerprint density at radius 1 is 1.53 bits per heavy atom. The number of carbonyl (C=O) groups is 1. The van der Waals surface area contributed by atoms with Crippen molar-refractivity contribution in [1.29, 1.82) is 0 Å². The van der Waals surface area contributed by atoms with Crippen molar-refractivity contribution in [1.82, 2.24) is 9.88 Å². The number of likely N-dealkylation sites (tertiary alicyclic amines) is 1. The van der Waals surface area contributed by atoms with E-state index in [1.54, 1.807) is 18.3 Å². The van der Waals surface area contributed by atoms with Crippen LogP contribution < -0.4 is 0 Å². The lowest BCUT2D eigenvalue weighted by Gasteiger charge is -2.40. The van der Waals surface area contributed by atoms with E-state index >= 15 is 0 Å². The third kappa shape index (κ3) is 2.98. The summed E-state index contributed by atoms with van der Waals surface area (Å²) in [5, 5.41) is 9.51. The zero-order valence-electron chi connectivity index (χ0n) is 11.1. The summed E-state index contributed by atoms with van der Waals surface area (Å²) >= 11 is 3.31. The highest BCUT2D eigenvalue weighted by Gasteiger charge is 2.34. The third-order valence-corrected chi connectivity index (χ3v) is 4.82. The van der Waals surface area contributed by atoms with Gasteiger partial charge in [-0.3, -0.25) is 4.79 Å². The average molecular weight is 327 g/mol. The molecule has 104 valence electrons. The minimum absolute atomic E-state index is 0.00293. The maximum Gasteiger partial charge on any atom is 0.256 e. The van der Waals surface area contributed by atoms with Gasteiger partial charge in [0.2, 0.25) is 0 Å². The first kappa shape index (κ1) is 14.5. The van der Waals surface area contributed by atoms with Crippen molar-refractivity contribution in [3.8, 4) is 0 Å². The molecule has 5 heteroatoms. The standard InChI is InChI=1S/C14H19BrN2O2/c1-2-14(10-18)5-8-17(9-6-14)13(19)11-4-3-7-16-12(11)15/h3-4,7,18H,2,5-6,8-10H2,1H3. The van der Waals surface area contributed by atoms with Crippen LogP contribution in [-0.2, 0) is 0 Å². The van der Waals surface area contributed by atoms with E-state index in [1.165, 1.54) is 0 Å². The quantitative estimate of drug-likeness (QED) is 0.868. The zero-order valence-corrected chi connectivity index (χ0v) is 12.7. The smallest absolute Gasteiger partial charge is 0.256 e. The molecule has 1 aliphatic heterocycles. The minimum atomic E-state index is 0.00293. The highest BCUT2D eigenvalue weighted by molar-refractivity contribution is 9.10. The number of halogens is 1. The molecule has 1 aromatic heterocycles. The van der Waals surface area contributed by atoms with Gasteiger partial charge >= 0.3 is 0 Å². The van der Waals surface area contributed by atoms with E-state index in [9.17, 15) is 9.90 Å². The molecular formula is C14H19BrN2O2. The molecule has 1 aliphatic rings. The maximum absolute atomic E-state index is 12.4. The van der Waals surface area contributed by atoms with Gasteiger partial charge in [-0.05, 0) is 52.7 Å². The van der Waals surface area contributed by atoms with Crippen LogP contribution in [0.2, 0.25) is 0 Å². The second kappa shape index (κ2) is 6.01. The van der Waals surface area contributed by atoms with Crippen LogP contribution in [0.15, 0.2) is 22.9 Å². The van der Waals surface area contributed by atoms with E-state index in [2.05, 4.69) is 27.8 Å². The van der Waals surface area contributed by atoms with E-state index in [4.69, 9.17) is 0 Å². The fourth-order valence-electron chi connectivity index (χ4n) is 2.52. The number of amides is 1. The topological polar surface area (TPSA) is 53.4 Å². The molecule has 1 amide bonds. The van der Waals surface area contributed by atoms with Crippen LogP contribution in [-0.4, -0.2) is 40.6 Å². The lowest BCUT2D eigenvalue weighted by atomic mass is 9.77. The van der Waals surface area contributed by atoms with E-state index < -0.39 is 0 Å². The van der Waals surface area contributed by atoms with Crippen molar-refractivity contribution in [2.75, 3.05) is 19.7 Å². The predicted molar refractivity (Wildman–Crippen MR) is 76.9 cm³/mol. The van der Waals surface area contributed by atoms with Crippen molar-refractivity contribution in [3.05, 3.63) is 28.5 Å². The molecule has 1 saturated heterocycles. The van der Waals surface area contributed by atoms with Crippen molar-refractivity contribution in [2.45, 2.75) is 26.2 Å². The summed E-state index contributed by atoms with van der Waals surface area (Å²) in [7, 11) is 0. The second-order valence-corrected chi connectivity index (χ2v) is 5.90. The predicted octanol–water partition coefficient (Wildman–Crippen LogP) is 2.47. The van der Waals surface area contributed by atoms with Crippen LogP contribution in [0.1, 0.15) is 36.5 Å². The summed E-state index contributed by atoms with van der Waals surface area (Å²) in [5.74, 6) is 0.0163. The first-order valence-electron chi connectivity index (χ1n) is 6.62. The van der Waals surface area contributed by atoms with Gasteiger partial charge in [0.25, 0.3) is 5.91 Å². The Kier molecular flexibility index (Phi) is 4.58. The number of aliphatic hydroxyl groups is 1. The molecule has 0 atom stereocenters. The second-order valence-electron chi connectivity index (χ2n) is 5.15. The van der Waals surface area contributed by atoms with Crippen molar-refractivity contribution < 1.29 is 9.90 Å². The molecule has 2 rings (SSSR count). The average Bonchev–Trinajstić information content (AvgIpc) is 2.47. The third-order valence-electron chi connectivity index (χ3n) is 4.19. The Labute approximate surface area is 122 Å². The summed E-state index contributed by atoms with van der Waals surface area (Å²) in [5.41, 5.74) is 0.610. The highest BCUT2D eigenvalue weighted by atomic mass is 79.9. The molecule has 1 fully saturated rings. The van der Waals surface area contributed by atoms with E-state index in [0.717, 1.165) is 19.3 Å². The molecule has 0 aromatic carbocycles. The van der Waals surface area contributed by atoms with Crippen LogP contribution >= 0.6 is 15.9 Å². The van der Waals surface area contributed by atoms with Crippen LogP contribution in [0, 0.1) is 5.41 Å². The number of pyridine rings is 1. The van der Waals surface area contributed by atoms with Gasteiger partial charge in [0.15, 0.2) is 0 Å². The van der Waals surface area contributed by atoms with Gasteiger partial charge in [-0.1, -0.05) is 6.92 Å². The summed E-state index contributed by atoms with van der Waals surface area (Å²) < 4.78 is 0.592. The lowest BCUT2D eigenvalue weighted by molar-refractivity contribution is 0.0337. The van der Waals surface area contributed by atoms with Gasteiger partial charge in [-0.25, -0.2) is 4.98 Å². The molecule has 0 saturated carbocycles. The molecule has 0 unspecified atom stereocenters. The van der Waals surface area contributed by atoms with Crippen LogP contribution in [0.3, 0.4) is 0 Å². The molecule has 1 N–H and O–H groups in total. The minimum Gasteiger partial charge on any atom is -0.396 e. The lowest BCUT2D eigenvalue weighted by Crippen LogP contribution is -2.44. The fourth-order valence-corrected chi connectivity index (χ4v) is 2.94. The van der Waals surface area contributed by atoms with Gasteiger partial charge in [-0.2, -0.15) is 0 Å². The van der Waals surface area contributed by atoms with E-state index in [0.29, 0.717) is 23.3 Å². The number of nitrogens with zero attached hydrogens (tertiary/aromatic N) is 2. The number of hydrogen-bond acceptors (Lipinski definition) is 3. The number of aliphatic hydroxyl groups excluding tert-OH is 1. The van der Waals surface area contributed by atoms with Gasteiger partial charge < -0.3 is 10.0 Å². The van der Waals surface area contributed by atoms with E-state index in [-0.39, 0.29) is 17.9 Å². The van der Waals surface area contributed by atoms with Crippen molar-refractivity contribution >= 4 is 21.8 Å². The molecule has 4 nitrogen and oxygen atoms in total. The summed E-state index contributed by atoms with van der Waals surface area (Å²) in [4.78, 5) is 18.3. The van der Waals surface area contributed by atoms with Crippen molar-refractivity contribution in [2.24, 2.45) is 5.41 Å². The Hall–Kier alpha value is -0.940. The first-order valence-corrected chi connectivity index (χ1v) is 7.42. The Balaban J connectivity index is 2.06. The van der Waals surface area contributed by atoms with Crippen LogP contribution in [0.4, 0.5) is 0 Å². The number of rotatable bonds is 3. The maximum atomic E-state index is 12.4. The number of hydrogen-bond donors (Lipinski definition) is 1. The molecule has 1 aromatic rings. The van der Waals surface area contributed by atoms with Crippen molar-refractivity contribution in [3.63, 3.8) is 0 Å². The van der Waals surface area contributed by atoms with Crippen LogP contribution in [0.5, 0.6) is 0 Å². The Morgan fingerprint density at radius 2 is 2.21 bits per heavy atom. The molecule has 0 spiro atoms. The molecule has 0 aliphatic carbocycles. The molecule has 19 heavy (non-hydrogen) atoms. The highest BCUT2D eigenvalue weighted by Crippen LogP contribution is 2.34. The SMILES string of the molecule is CCC1(CO)CCN(C(=O)c2cccnc2Br)CC1. The molecular weight excluding hydrogens is 308 g/mol. The number of piperidine rings is 1. The first-order chi connectivity index (χ1) is 9.12. The van der Waals surface area contributed by atoms with Crippen LogP contribution in [0.25, 0.3) is 0 Å². The molecule has 2 heterocycles. The molecule has 0 bridgehead atoms. The number of carbonyl (C=O) groups excluding carboxylic acids is 1. The summed E-state index contributed by atoms with van der Waals surface area (Å²) in [6.07, 6.45) is 4.35. The Bertz CT molecular complexity index is 451. The zero-order chi connectivity index (χ0) is 13.9. The summed E-state index contributed by atoms with van der Waals surface area (Å²) in [6.45, 7) is 3.72. The molecule has 0 radical (unpaired) electrons. The normalized spacial score (nSPS) is 18.4. The fraction of sp³-hybridized carbons (Fsp3) is 0.571. The number of aromatic nitrogens is 1. The van der Waals surface area contributed by atoms with Gasteiger partial charge in [0.05, 0.1) is 5.56 Å². The van der Waals surface area contributed by atoms with Gasteiger partial charge in [0, 0.05) is 25.9 Å². The summed E-state index contributed by atoms with van der Waals surface area (Å²) in [6, 6.07) is 3.55. The van der Waals surface area contributed by atoms with E-state index in [1.807, 2.05) is 4.90 Å². The monoisotopic (exact) mass is 326 g/mol. The largest absolute Gasteiger partial charge is 0.396 e. The van der Waals surface area contributed by atoms with Gasteiger partial charge in [0.1, 0.15) is 4.60 Å². The van der Waals surface area contributed by atoms with Gasteiger partial charge in [-0.15, -0.1) is 0 Å².